The van der Waals surface area contributed by atoms with Gasteiger partial charge in [-0.25, -0.2) is 0 Å². The first-order valence-corrected chi connectivity index (χ1v) is 10.0. The van der Waals surface area contributed by atoms with E-state index in [4.69, 9.17) is 11.5 Å². The number of rotatable bonds is 2. The highest BCUT2D eigenvalue weighted by Gasteiger charge is 2.63. The molecule has 9 nitrogen and oxygen atoms in total. The molecular formula is C22H24N2O7. The normalized spacial score (nSPS) is 30.3. The average Bonchev–Trinajstić information content (AvgIpc) is 2.68. The molecule has 8 N–H and O–H groups in total. The average molecular weight is 428 g/mol. The number of carbonyl (C=O) groups is 3. The number of primary amides is 1. The van der Waals surface area contributed by atoms with E-state index in [-0.39, 0.29) is 35.6 Å². The number of aliphatic hydroxyl groups is 3. The van der Waals surface area contributed by atoms with Gasteiger partial charge in [0.15, 0.2) is 11.4 Å². The van der Waals surface area contributed by atoms with Crippen LogP contribution < -0.4 is 11.5 Å². The standard InChI is InChI=1S/C22H24N2O7/c1-7(2)9-3-4-12(25)14-10(9)5-8-6-11-16(23)18(27)15(21(24)30)20(29)22(11,31)19(28)13(8)17(14)26/h3-4,7-8,11,16,25-26,29,31H,5-6,23H2,1-2H3,(H2,24,30). The summed E-state index contributed by atoms with van der Waals surface area (Å²) in [6.45, 7) is 3.91. The van der Waals surface area contributed by atoms with Gasteiger partial charge < -0.3 is 31.9 Å². The summed E-state index contributed by atoms with van der Waals surface area (Å²) >= 11 is 0. The van der Waals surface area contributed by atoms with Crippen molar-refractivity contribution < 1.29 is 34.8 Å². The van der Waals surface area contributed by atoms with E-state index in [1.807, 2.05) is 13.8 Å². The third-order valence-corrected chi connectivity index (χ3v) is 6.79. The molecule has 31 heavy (non-hydrogen) atoms. The molecule has 0 radical (unpaired) electrons. The lowest BCUT2D eigenvalue weighted by atomic mass is 9.57. The third kappa shape index (κ3) is 2.60. The van der Waals surface area contributed by atoms with Crippen molar-refractivity contribution in [1.29, 1.82) is 0 Å². The highest BCUT2D eigenvalue weighted by molar-refractivity contribution is 6.24. The van der Waals surface area contributed by atoms with Gasteiger partial charge in [-0.1, -0.05) is 19.9 Å². The Morgan fingerprint density at radius 3 is 2.42 bits per heavy atom. The Bertz CT molecular complexity index is 1120. The molecule has 0 heterocycles. The number of fused-ring (bicyclic) bond motifs is 3. The summed E-state index contributed by atoms with van der Waals surface area (Å²) in [4.78, 5) is 37.7. The van der Waals surface area contributed by atoms with Gasteiger partial charge in [-0.3, -0.25) is 14.4 Å². The van der Waals surface area contributed by atoms with E-state index in [2.05, 4.69) is 0 Å². The Morgan fingerprint density at radius 2 is 1.84 bits per heavy atom. The monoisotopic (exact) mass is 428 g/mol. The number of hydrogen-bond donors (Lipinski definition) is 6. The molecule has 0 aromatic heterocycles. The van der Waals surface area contributed by atoms with Crippen LogP contribution in [-0.2, 0) is 20.8 Å². The van der Waals surface area contributed by atoms with Crippen molar-refractivity contribution in [2.24, 2.45) is 23.3 Å². The summed E-state index contributed by atoms with van der Waals surface area (Å²) in [5.74, 6) is -6.93. The van der Waals surface area contributed by atoms with E-state index < -0.39 is 58.0 Å². The van der Waals surface area contributed by atoms with Gasteiger partial charge in [-0.2, -0.15) is 0 Å². The highest BCUT2D eigenvalue weighted by atomic mass is 16.3. The van der Waals surface area contributed by atoms with Crippen molar-refractivity contribution in [2.45, 2.75) is 44.2 Å². The molecule has 0 aliphatic heterocycles. The van der Waals surface area contributed by atoms with Gasteiger partial charge >= 0.3 is 0 Å². The number of amides is 1. The van der Waals surface area contributed by atoms with Crippen LogP contribution in [0, 0.1) is 11.8 Å². The van der Waals surface area contributed by atoms with Crippen LogP contribution in [0.1, 0.15) is 42.9 Å². The molecule has 0 spiro atoms. The molecule has 1 aromatic carbocycles. The summed E-state index contributed by atoms with van der Waals surface area (Å²) in [7, 11) is 0. The maximum absolute atomic E-state index is 13.4. The number of hydrogen-bond acceptors (Lipinski definition) is 8. The summed E-state index contributed by atoms with van der Waals surface area (Å²) in [5.41, 5.74) is 9.04. The molecule has 3 aliphatic carbocycles. The topological polar surface area (TPSA) is 184 Å². The fraction of sp³-hybridized carbons (Fsp3) is 0.409. The van der Waals surface area contributed by atoms with E-state index in [9.17, 15) is 34.8 Å². The number of ketones is 2. The molecule has 1 amide bonds. The van der Waals surface area contributed by atoms with Crippen molar-refractivity contribution in [2.75, 3.05) is 0 Å². The van der Waals surface area contributed by atoms with Crippen LogP contribution in [0.15, 0.2) is 29.0 Å². The second-order valence-corrected chi connectivity index (χ2v) is 8.76. The zero-order valence-electron chi connectivity index (χ0n) is 17.0. The van der Waals surface area contributed by atoms with Gasteiger partial charge in [0.1, 0.15) is 22.8 Å². The second kappa shape index (κ2) is 6.66. The van der Waals surface area contributed by atoms with Crippen molar-refractivity contribution in [3.8, 4) is 5.75 Å². The largest absolute Gasteiger partial charge is 0.508 e. The zero-order valence-corrected chi connectivity index (χ0v) is 17.0. The maximum Gasteiger partial charge on any atom is 0.255 e. The van der Waals surface area contributed by atoms with Crippen LogP contribution in [0.2, 0.25) is 0 Å². The molecule has 3 aliphatic rings. The first kappa shape index (κ1) is 21.1. The number of carbonyl (C=O) groups excluding carboxylic acids is 3. The minimum absolute atomic E-state index is 0.00271. The van der Waals surface area contributed by atoms with Crippen molar-refractivity contribution >= 4 is 23.2 Å². The van der Waals surface area contributed by atoms with E-state index in [1.54, 1.807) is 6.07 Å². The summed E-state index contributed by atoms with van der Waals surface area (Å²) in [6.07, 6.45) is 0.264. The van der Waals surface area contributed by atoms with Gasteiger partial charge in [-0.05, 0) is 41.9 Å². The molecule has 1 aromatic rings. The van der Waals surface area contributed by atoms with Gasteiger partial charge in [0.25, 0.3) is 5.91 Å². The first-order valence-electron chi connectivity index (χ1n) is 10.0. The molecule has 4 unspecified atom stereocenters. The second-order valence-electron chi connectivity index (χ2n) is 8.76. The van der Waals surface area contributed by atoms with Crippen LogP contribution in [0.3, 0.4) is 0 Å². The fourth-order valence-electron chi connectivity index (χ4n) is 5.28. The number of phenols is 1. The van der Waals surface area contributed by atoms with E-state index in [0.717, 1.165) is 5.56 Å². The van der Waals surface area contributed by atoms with Crippen LogP contribution >= 0.6 is 0 Å². The number of benzene rings is 1. The Morgan fingerprint density at radius 1 is 1.19 bits per heavy atom. The number of aromatic hydroxyl groups is 1. The zero-order chi connectivity index (χ0) is 23.0. The summed E-state index contributed by atoms with van der Waals surface area (Å²) < 4.78 is 0. The molecule has 1 fully saturated rings. The fourth-order valence-corrected chi connectivity index (χ4v) is 5.28. The van der Waals surface area contributed by atoms with Gasteiger partial charge in [0.2, 0.25) is 5.78 Å². The Labute approximate surface area is 177 Å². The van der Waals surface area contributed by atoms with Gasteiger partial charge in [-0.15, -0.1) is 0 Å². The quantitative estimate of drug-likeness (QED) is 0.367. The molecule has 0 saturated heterocycles. The van der Waals surface area contributed by atoms with Crippen LogP contribution in [-0.4, -0.2) is 49.5 Å². The Balaban J connectivity index is 1.97. The third-order valence-electron chi connectivity index (χ3n) is 6.79. The lowest BCUT2D eigenvalue weighted by molar-refractivity contribution is -0.149. The molecule has 1 saturated carbocycles. The molecular weight excluding hydrogens is 404 g/mol. The Kier molecular flexibility index (Phi) is 4.53. The molecule has 9 heteroatoms. The number of phenolic OH excluding ortho intramolecular Hbond substituents is 1. The maximum atomic E-state index is 13.4. The number of aliphatic hydroxyl groups excluding tert-OH is 2. The van der Waals surface area contributed by atoms with Crippen LogP contribution in [0.25, 0.3) is 5.76 Å². The molecule has 4 rings (SSSR count). The van der Waals surface area contributed by atoms with E-state index in [1.165, 1.54) is 6.07 Å². The minimum Gasteiger partial charge on any atom is -0.508 e. The van der Waals surface area contributed by atoms with Crippen molar-refractivity contribution in [3.63, 3.8) is 0 Å². The predicted octanol–water partition coefficient (Wildman–Crippen LogP) is 0.485. The summed E-state index contributed by atoms with van der Waals surface area (Å²) in [5, 5.41) is 43.2. The number of nitrogens with two attached hydrogens (primary N) is 2. The smallest absolute Gasteiger partial charge is 0.255 e. The van der Waals surface area contributed by atoms with Gasteiger partial charge in [0.05, 0.1) is 11.6 Å². The van der Waals surface area contributed by atoms with Crippen molar-refractivity contribution in [1.82, 2.24) is 0 Å². The first-order chi connectivity index (χ1) is 14.4. The van der Waals surface area contributed by atoms with E-state index >= 15 is 0 Å². The van der Waals surface area contributed by atoms with E-state index in [0.29, 0.717) is 5.56 Å². The highest BCUT2D eigenvalue weighted by Crippen LogP contribution is 2.52. The lowest BCUT2D eigenvalue weighted by Gasteiger charge is -2.48. The molecule has 4 atom stereocenters. The van der Waals surface area contributed by atoms with Gasteiger partial charge in [0, 0.05) is 11.5 Å². The number of Topliss-reactive ketones (excluding diaryl/α,β-unsaturated/α-hetero) is 2. The minimum atomic E-state index is -2.68. The molecule has 164 valence electrons. The summed E-state index contributed by atoms with van der Waals surface area (Å²) in [6, 6.07) is 1.74. The predicted molar refractivity (Wildman–Crippen MR) is 109 cm³/mol. The lowest BCUT2D eigenvalue weighted by Crippen LogP contribution is -2.65. The Hall–Kier alpha value is -3.17. The van der Waals surface area contributed by atoms with Crippen molar-refractivity contribution in [3.05, 3.63) is 45.7 Å². The van der Waals surface area contributed by atoms with Crippen LogP contribution in [0.5, 0.6) is 5.75 Å². The van der Waals surface area contributed by atoms with Crippen LogP contribution in [0.4, 0.5) is 0 Å². The molecule has 0 bridgehead atoms. The SMILES string of the molecule is CC(C)c1ccc(O)c2c1CC1CC3C(N)C(=O)C(C(N)=O)=C(O)C3(O)C(=O)C1=C2O.